The number of piperidine rings is 1. The SMILES string of the molecule is COC(=O)c1cccc(CN(C)CC2CCCNC2)c1. The van der Waals surface area contributed by atoms with E-state index in [0.29, 0.717) is 5.56 Å². The van der Waals surface area contributed by atoms with Crippen LogP contribution < -0.4 is 5.32 Å². The standard InChI is InChI=1S/C16H24N2O2/c1-18(12-14-6-4-8-17-10-14)11-13-5-3-7-15(9-13)16(19)20-2/h3,5,7,9,14,17H,4,6,8,10-12H2,1-2H3. The molecule has 0 amide bonds. The fourth-order valence-electron chi connectivity index (χ4n) is 2.81. The largest absolute Gasteiger partial charge is 0.465 e. The second-order valence-corrected chi connectivity index (χ2v) is 5.60. The molecule has 1 unspecified atom stereocenters. The lowest BCUT2D eigenvalue weighted by atomic mass is 9.99. The zero-order valence-corrected chi connectivity index (χ0v) is 12.4. The normalized spacial score (nSPS) is 19.1. The molecule has 0 aromatic heterocycles. The first-order chi connectivity index (χ1) is 9.69. The third-order valence-corrected chi connectivity index (χ3v) is 3.77. The molecular weight excluding hydrogens is 252 g/mol. The summed E-state index contributed by atoms with van der Waals surface area (Å²) in [6.07, 6.45) is 2.58. The number of nitrogens with one attached hydrogen (secondary N) is 1. The van der Waals surface area contributed by atoms with Gasteiger partial charge in [-0.25, -0.2) is 4.79 Å². The number of rotatable bonds is 5. The zero-order chi connectivity index (χ0) is 14.4. The van der Waals surface area contributed by atoms with Gasteiger partial charge in [-0.2, -0.15) is 0 Å². The van der Waals surface area contributed by atoms with E-state index in [1.54, 1.807) is 6.07 Å². The van der Waals surface area contributed by atoms with Crippen LogP contribution in [-0.2, 0) is 11.3 Å². The number of carbonyl (C=O) groups excluding carboxylic acids is 1. The molecule has 2 rings (SSSR count). The van der Waals surface area contributed by atoms with Crippen molar-refractivity contribution in [3.05, 3.63) is 35.4 Å². The minimum atomic E-state index is -0.272. The zero-order valence-electron chi connectivity index (χ0n) is 12.4. The van der Waals surface area contributed by atoms with E-state index in [4.69, 9.17) is 4.74 Å². The summed E-state index contributed by atoms with van der Waals surface area (Å²) < 4.78 is 4.76. The van der Waals surface area contributed by atoms with Crippen LogP contribution in [-0.4, -0.2) is 44.7 Å². The number of methoxy groups -OCH3 is 1. The monoisotopic (exact) mass is 276 g/mol. The predicted octanol–water partition coefficient (Wildman–Crippen LogP) is 1.90. The van der Waals surface area contributed by atoms with Crippen LogP contribution in [0, 0.1) is 5.92 Å². The highest BCUT2D eigenvalue weighted by Crippen LogP contribution is 2.14. The second kappa shape index (κ2) is 7.41. The molecule has 1 atom stereocenters. The average molecular weight is 276 g/mol. The van der Waals surface area contributed by atoms with E-state index in [1.165, 1.54) is 20.0 Å². The molecule has 0 saturated carbocycles. The van der Waals surface area contributed by atoms with Gasteiger partial charge in [0, 0.05) is 13.1 Å². The van der Waals surface area contributed by atoms with Crippen molar-refractivity contribution in [3.8, 4) is 0 Å². The first-order valence-electron chi connectivity index (χ1n) is 7.25. The lowest BCUT2D eigenvalue weighted by Gasteiger charge is -2.27. The summed E-state index contributed by atoms with van der Waals surface area (Å²) in [7, 11) is 3.55. The first-order valence-corrected chi connectivity index (χ1v) is 7.25. The molecular formula is C16H24N2O2. The molecule has 0 spiro atoms. The molecule has 1 aliphatic heterocycles. The van der Waals surface area contributed by atoms with Crippen molar-refractivity contribution in [3.63, 3.8) is 0 Å². The molecule has 0 aliphatic carbocycles. The molecule has 1 saturated heterocycles. The van der Waals surface area contributed by atoms with Gasteiger partial charge in [-0.3, -0.25) is 0 Å². The number of hydrogen-bond acceptors (Lipinski definition) is 4. The topological polar surface area (TPSA) is 41.6 Å². The van der Waals surface area contributed by atoms with Crippen LogP contribution in [0.1, 0.15) is 28.8 Å². The lowest BCUT2D eigenvalue weighted by molar-refractivity contribution is 0.0600. The van der Waals surface area contributed by atoms with Gasteiger partial charge >= 0.3 is 5.97 Å². The number of hydrogen-bond donors (Lipinski definition) is 1. The van der Waals surface area contributed by atoms with Crippen molar-refractivity contribution in [2.24, 2.45) is 5.92 Å². The minimum Gasteiger partial charge on any atom is -0.465 e. The van der Waals surface area contributed by atoms with Crippen molar-refractivity contribution in [1.82, 2.24) is 10.2 Å². The molecule has 0 bridgehead atoms. The first kappa shape index (κ1) is 15.0. The van der Waals surface area contributed by atoms with Crippen LogP contribution in [0.4, 0.5) is 0 Å². The van der Waals surface area contributed by atoms with Crippen LogP contribution in [0.25, 0.3) is 0 Å². The fraction of sp³-hybridized carbons (Fsp3) is 0.562. The van der Waals surface area contributed by atoms with Gasteiger partial charge in [-0.15, -0.1) is 0 Å². The van der Waals surface area contributed by atoms with Gasteiger partial charge in [-0.05, 0) is 56.6 Å². The molecule has 0 radical (unpaired) electrons. The van der Waals surface area contributed by atoms with E-state index in [9.17, 15) is 4.79 Å². The predicted molar refractivity (Wildman–Crippen MR) is 79.7 cm³/mol. The van der Waals surface area contributed by atoms with Gasteiger partial charge in [0.05, 0.1) is 12.7 Å². The molecule has 20 heavy (non-hydrogen) atoms. The molecule has 1 N–H and O–H groups in total. The summed E-state index contributed by atoms with van der Waals surface area (Å²) in [5, 5.41) is 3.45. The van der Waals surface area contributed by atoms with E-state index in [-0.39, 0.29) is 5.97 Å². The lowest BCUT2D eigenvalue weighted by Crippen LogP contribution is -2.36. The average Bonchev–Trinajstić information content (AvgIpc) is 2.47. The van der Waals surface area contributed by atoms with Crippen molar-refractivity contribution >= 4 is 5.97 Å². The van der Waals surface area contributed by atoms with Crippen molar-refractivity contribution in [2.75, 3.05) is 33.8 Å². The Bertz CT molecular complexity index is 442. The molecule has 1 aromatic rings. The van der Waals surface area contributed by atoms with Gasteiger partial charge in [0.15, 0.2) is 0 Å². The Morgan fingerprint density at radius 2 is 2.35 bits per heavy atom. The Balaban J connectivity index is 1.89. The molecule has 1 aliphatic rings. The number of benzene rings is 1. The third kappa shape index (κ3) is 4.32. The number of esters is 1. The highest BCUT2D eigenvalue weighted by molar-refractivity contribution is 5.89. The van der Waals surface area contributed by atoms with Crippen molar-refractivity contribution in [2.45, 2.75) is 19.4 Å². The summed E-state index contributed by atoms with van der Waals surface area (Å²) in [4.78, 5) is 13.9. The van der Waals surface area contributed by atoms with Gasteiger partial charge < -0.3 is 15.0 Å². The van der Waals surface area contributed by atoms with E-state index in [2.05, 4.69) is 23.3 Å². The summed E-state index contributed by atoms with van der Waals surface area (Å²) in [5.41, 5.74) is 1.77. The van der Waals surface area contributed by atoms with E-state index in [0.717, 1.165) is 37.7 Å². The van der Waals surface area contributed by atoms with Crippen LogP contribution in [0.5, 0.6) is 0 Å². The van der Waals surface area contributed by atoms with Gasteiger partial charge in [0.25, 0.3) is 0 Å². The van der Waals surface area contributed by atoms with Gasteiger partial charge in [0.2, 0.25) is 0 Å². The Labute approximate surface area is 121 Å². The Morgan fingerprint density at radius 1 is 1.50 bits per heavy atom. The van der Waals surface area contributed by atoms with Gasteiger partial charge in [0.1, 0.15) is 0 Å². The van der Waals surface area contributed by atoms with Crippen LogP contribution in [0.15, 0.2) is 24.3 Å². The highest BCUT2D eigenvalue weighted by atomic mass is 16.5. The molecule has 1 aromatic carbocycles. The van der Waals surface area contributed by atoms with Crippen molar-refractivity contribution < 1.29 is 9.53 Å². The summed E-state index contributed by atoms with van der Waals surface area (Å²) in [5.74, 6) is 0.462. The van der Waals surface area contributed by atoms with Crippen LogP contribution in [0.3, 0.4) is 0 Å². The fourth-order valence-corrected chi connectivity index (χ4v) is 2.81. The maximum absolute atomic E-state index is 11.5. The number of ether oxygens (including phenoxy) is 1. The maximum Gasteiger partial charge on any atom is 0.337 e. The van der Waals surface area contributed by atoms with E-state index in [1.807, 2.05) is 12.1 Å². The molecule has 110 valence electrons. The van der Waals surface area contributed by atoms with Crippen molar-refractivity contribution in [1.29, 1.82) is 0 Å². The van der Waals surface area contributed by atoms with Gasteiger partial charge in [-0.1, -0.05) is 12.1 Å². The molecule has 4 nitrogen and oxygen atoms in total. The third-order valence-electron chi connectivity index (χ3n) is 3.77. The van der Waals surface area contributed by atoms with Crippen LogP contribution >= 0.6 is 0 Å². The Kier molecular flexibility index (Phi) is 5.56. The summed E-state index contributed by atoms with van der Waals surface area (Å²) in [6, 6.07) is 7.68. The number of carbonyl (C=O) groups is 1. The second-order valence-electron chi connectivity index (χ2n) is 5.60. The van der Waals surface area contributed by atoms with Crippen LogP contribution in [0.2, 0.25) is 0 Å². The van der Waals surface area contributed by atoms with E-state index < -0.39 is 0 Å². The summed E-state index contributed by atoms with van der Waals surface area (Å²) >= 11 is 0. The molecule has 1 fully saturated rings. The highest BCUT2D eigenvalue weighted by Gasteiger charge is 2.15. The van der Waals surface area contributed by atoms with E-state index >= 15 is 0 Å². The molecule has 4 heteroatoms. The summed E-state index contributed by atoms with van der Waals surface area (Å²) in [6.45, 7) is 4.23. The number of nitrogens with zero attached hydrogens (tertiary/aromatic N) is 1. The minimum absolute atomic E-state index is 0.272. The Hall–Kier alpha value is -1.39. The molecule has 1 heterocycles. The Morgan fingerprint density at radius 3 is 3.05 bits per heavy atom. The quantitative estimate of drug-likeness (QED) is 0.834. The smallest absolute Gasteiger partial charge is 0.337 e. The maximum atomic E-state index is 11.5.